The van der Waals surface area contributed by atoms with E-state index in [1.54, 1.807) is 0 Å². The zero-order valence-electron chi connectivity index (χ0n) is 16.2. The van der Waals surface area contributed by atoms with Crippen molar-refractivity contribution in [2.24, 2.45) is 39.9 Å². The molecule has 4 rings (SSSR count). The molecule has 138 valence electrons. The average molecular weight is 335 g/mol. The van der Waals surface area contributed by atoms with Crippen LogP contribution in [-0.4, -0.2) is 22.4 Å². The van der Waals surface area contributed by atoms with Crippen molar-refractivity contribution in [3.63, 3.8) is 0 Å². The summed E-state index contributed by atoms with van der Waals surface area (Å²) in [5.74, 6) is 3.04. The van der Waals surface area contributed by atoms with E-state index in [0.29, 0.717) is 22.2 Å². The van der Waals surface area contributed by atoms with Crippen molar-refractivity contribution in [1.29, 1.82) is 0 Å². The van der Waals surface area contributed by atoms with Gasteiger partial charge in [0.2, 0.25) is 0 Å². The van der Waals surface area contributed by atoms with E-state index in [2.05, 4.69) is 20.8 Å². The van der Waals surface area contributed by atoms with Gasteiger partial charge in [-0.15, -0.1) is 0 Å². The van der Waals surface area contributed by atoms with Crippen LogP contribution < -0.4 is 0 Å². The lowest BCUT2D eigenvalue weighted by Crippen LogP contribution is -2.58. The molecule has 2 N–H and O–H groups in total. The molecule has 4 saturated carbocycles. The van der Waals surface area contributed by atoms with Crippen LogP contribution in [0.1, 0.15) is 85.5 Å². The maximum Gasteiger partial charge on any atom is 0.0545 e. The minimum absolute atomic E-state index is 0.0698. The molecule has 0 aromatic carbocycles. The molecule has 4 aliphatic rings. The van der Waals surface area contributed by atoms with Crippen LogP contribution in [0.4, 0.5) is 0 Å². The van der Waals surface area contributed by atoms with Crippen LogP contribution in [0.2, 0.25) is 0 Å². The number of aliphatic hydroxyl groups excluding tert-OH is 2. The Labute approximate surface area is 148 Å². The van der Waals surface area contributed by atoms with Crippen LogP contribution in [0.3, 0.4) is 0 Å². The van der Waals surface area contributed by atoms with Gasteiger partial charge in [-0.3, -0.25) is 0 Å². The first kappa shape index (κ1) is 17.3. The van der Waals surface area contributed by atoms with Crippen molar-refractivity contribution in [2.75, 3.05) is 0 Å². The van der Waals surface area contributed by atoms with Crippen LogP contribution in [0, 0.1) is 39.9 Å². The lowest BCUT2D eigenvalue weighted by Gasteiger charge is -2.65. The molecule has 24 heavy (non-hydrogen) atoms. The molecule has 0 aromatic heterocycles. The van der Waals surface area contributed by atoms with Gasteiger partial charge in [0.05, 0.1) is 12.2 Å². The molecule has 0 spiro atoms. The molecule has 2 heteroatoms. The number of hydrogen-bond acceptors (Lipinski definition) is 2. The van der Waals surface area contributed by atoms with Crippen LogP contribution in [0.15, 0.2) is 0 Å². The van der Waals surface area contributed by atoms with Crippen molar-refractivity contribution in [3.8, 4) is 0 Å². The van der Waals surface area contributed by atoms with E-state index in [4.69, 9.17) is 0 Å². The third kappa shape index (κ3) is 2.14. The molecule has 4 aliphatic carbocycles. The maximum atomic E-state index is 10.3. The summed E-state index contributed by atoms with van der Waals surface area (Å²) < 4.78 is 0. The zero-order valence-corrected chi connectivity index (χ0v) is 16.2. The van der Waals surface area contributed by atoms with Gasteiger partial charge in [0.25, 0.3) is 0 Å². The second-order valence-electron chi connectivity index (χ2n) is 10.8. The summed E-state index contributed by atoms with van der Waals surface area (Å²) >= 11 is 0. The van der Waals surface area contributed by atoms with Gasteiger partial charge in [-0.1, -0.05) is 20.8 Å². The van der Waals surface area contributed by atoms with Crippen molar-refractivity contribution in [3.05, 3.63) is 0 Å². The predicted octanol–water partition coefficient (Wildman–Crippen LogP) is 4.78. The molecular weight excluding hydrogens is 296 g/mol. The van der Waals surface area contributed by atoms with Crippen molar-refractivity contribution >= 4 is 0 Å². The van der Waals surface area contributed by atoms with Gasteiger partial charge < -0.3 is 10.2 Å². The molecule has 4 fully saturated rings. The Hall–Kier alpha value is -0.0800. The lowest BCUT2D eigenvalue weighted by molar-refractivity contribution is -0.172. The van der Waals surface area contributed by atoms with Gasteiger partial charge in [0.1, 0.15) is 0 Å². The van der Waals surface area contributed by atoms with E-state index < -0.39 is 0 Å². The molecule has 8 unspecified atom stereocenters. The van der Waals surface area contributed by atoms with E-state index in [9.17, 15) is 10.2 Å². The van der Waals surface area contributed by atoms with E-state index in [0.717, 1.165) is 30.6 Å². The number of fused-ring (bicyclic) bond motifs is 5. The Morgan fingerprint density at radius 2 is 1.62 bits per heavy atom. The smallest absolute Gasteiger partial charge is 0.0545 e. The van der Waals surface area contributed by atoms with Gasteiger partial charge in [0, 0.05) is 0 Å². The summed E-state index contributed by atoms with van der Waals surface area (Å²) in [6.45, 7) is 9.57. The van der Waals surface area contributed by atoms with E-state index >= 15 is 0 Å². The summed E-state index contributed by atoms with van der Waals surface area (Å²) in [6, 6.07) is 0. The Bertz CT molecular complexity index is 502. The van der Waals surface area contributed by atoms with Crippen LogP contribution in [0.5, 0.6) is 0 Å². The van der Waals surface area contributed by atoms with Gasteiger partial charge in [-0.25, -0.2) is 0 Å². The Morgan fingerprint density at radius 1 is 0.875 bits per heavy atom. The zero-order chi connectivity index (χ0) is 17.3. The monoisotopic (exact) mass is 334 g/mol. The maximum absolute atomic E-state index is 10.3. The Kier molecular flexibility index (Phi) is 3.94. The fourth-order valence-electron chi connectivity index (χ4n) is 8.44. The quantitative estimate of drug-likeness (QED) is 0.724. The predicted molar refractivity (Wildman–Crippen MR) is 97.5 cm³/mol. The molecular formula is C22H38O2. The highest BCUT2D eigenvalue weighted by Gasteiger charge is 2.63. The summed E-state index contributed by atoms with van der Waals surface area (Å²) in [7, 11) is 0. The first-order valence-electron chi connectivity index (χ1n) is 10.6. The Morgan fingerprint density at radius 3 is 2.33 bits per heavy atom. The summed E-state index contributed by atoms with van der Waals surface area (Å²) in [6.07, 6.45) is 10.9. The van der Waals surface area contributed by atoms with E-state index in [1.165, 1.54) is 44.9 Å². The van der Waals surface area contributed by atoms with Gasteiger partial charge in [0.15, 0.2) is 0 Å². The standard InChI is InChI=1S/C22H38O2/c1-14(23)17-5-6-18-16-8-10-20(2)13-15(24)7-12-22(20,4)19(16)9-11-21(17,18)3/h14-19,23-24H,5-13H2,1-4H3/t14?,15?,16?,17?,18?,19?,20-,21?,22?/m0/s1. The topological polar surface area (TPSA) is 40.5 Å². The van der Waals surface area contributed by atoms with Crippen LogP contribution in [0.25, 0.3) is 0 Å². The molecule has 0 bridgehead atoms. The fourth-order valence-corrected chi connectivity index (χ4v) is 8.44. The summed E-state index contributed by atoms with van der Waals surface area (Å²) in [5.41, 5.74) is 1.12. The molecule has 0 heterocycles. The highest BCUT2D eigenvalue weighted by Crippen LogP contribution is 2.70. The highest BCUT2D eigenvalue weighted by atomic mass is 16.3. The molecule has 9 atom stereocenters. The van der Waals surface area contributed by atoms with Crippen LogP contribution in [-0.2, 0) is 0 Å². The molecule has 0 amide bonds. The molecule has 0 radical (unpaired) electrons. The van der Waals surface area contributed by atoms with E-state index in [1.807, 2.05) is 6.92 Å². The van der Waals surface area contributed by atoms with Crippen molar-refractivity contribution in [2.45, 2.75) is 97.7 Å². The average Bonchev–Trinajstić information content (AvgIpc) is 2.86. The molecule has 0 aliphatic heterocycles. The largest absolute Gasteiger partial charge is 0.393 e. The second kappa shape index (κ2) is 5.46. The SMILES string of the molecule is CC(O)C1CCC2C3CC[C@@]4(C)CC(O)CCC4(C)C3CCC12C. The summed E-state index contributed by atoms with van der Waals surface area (Å²) in [5, 5.41) is 20.6. The molecule has 0 saturated heterocycles. The van der Waals surface area contributed by atoms with Crippen molar-refractivity contribution in [1.82, 2.24) is 0 Å². The lowest BCUT2D eigenvalue weighted by atomic mass is 9.40. The first-order chi connectivity index (χ1) is 11.2. The highest BCUT2D eigenvalue weighted by molar-refractivity contribution is 5.12. The normalized spacial score (nSPS) is 58.5. The molecule has 2 nitrogen and oxygen atoms in total. The van der Waals surface area contributed by atoms with E-state index in [-0.39, 0.29) is 12.2 Å². The minimum Gasteiger partial charge on any atom is -0.393 e. The first-order valence-corrected chi connectivity index (χ1v) is 10.6. The van der Waals surface area contributed by atoms with Gasteiger partial charge in [-0.2, -0.15) is 0 Å². The molecule has 0 aromatic rings. The van der Waals surface area contributed by atoms with Gasteiger partial charge in [-0.05, 0) is 105 Å². The summed E-state index contributed by atoms with van der Waals surface area (Å²) in [4.78, 5) is 0. The number of aliphatic hydroxyl groups is 2. The third-order valence-electron chi connectivity index (χ3n) is 10.0. The second-order valence-corrected chi connectivity index (χ2v) is 10.8. The minimum atomic E-state index is -0.147. The van der Waals surface area contributed by atoms with Crippen LogP contribution >= 0.6 is 0 Å². The number of rotatable bonds is 1. The van der Waals surface area contributed by atoms with Gasteiger partial charge >= 0.3 is 0 Å². The van der Waals surface area contributed by atoms with Crippen molar-refractivity contribution < 1.29 is 10.2 Å². The number of hydrogen-bond donors (Lipinski definition) is 2. The third-order valence-corrected chi connectivity index (χ3v) is 10.0. The fraction of sp³-hybridized carbons (Fsp3) is 1.00. The Balaban J connectivity index is 1.64.